The standard InChI is InChI=1S/C60H36N2O2S/c1-6-27-50-42(19-1)43-20-2-7-28-51(43)61(50)40-18-12-16-38(36-40)57-52(34-33-48-45-22-4-9-31-55(45)64-59(48)57)62(53-29-14-26-49-46-23-5-10-32-56(46)65-60(49)53)39-17-11-15-37(35-39)41-24-13-25-47-44-21-3-8-30-54(44)63-58(41)47/h1-36H. The average Bonchev–Trinajstić information content (AvgIpc) is 4.13. The Kier molecular flexibility index (Phi) is 7.82. The van der Waals surface area contributed by atoms with E-state index < -0.39 is 0 Å². The molecule has 0 saturated carbocycles. The molecule has 0 amide bonds. The van der Waals surface area contributed by atoms with Crippen molar-refractivity contribution in [3.8, 4) is 27.9 Å². The molecule has 4 aromatic heterocycles. The molecule has 4 nitrogen and oxygen atoms in total. The molecule has 14 rings (SSSR count). The third-order valence-corrected chi connectivity index (χ3v) is 14.4. The first-order valence-corrected chi connectivity index (χ1v) is 22.8. The second kappa shape index (κ2) is 14.1. The second-order valence-electron chi connectivity index (χ2n) is 16.8. The number of rotatable bonds is 6. The molecule has 14 aromatic rings. The zero-order chi connectivity index (χ0) is 42.6. The number of hydrogen-bond acceptors (Lipinski definition) is 4. The van der Waals surface area contributed by atoms with Crippen molar-refractivity contribution in [1.29, 1.82) is 0 Å². The fourth-order valence-corrected chi connectivity index (χ4v) is 11.6. The van der Waals surface area contributed by atoms with Gasteiger partial charge in [0.15, 0.2) is 0 Å². The number of anilines is 3. The maximum Gasteiger partial charge on any atom is 0.145 e. The summed E-state index contributed by atoms with van der Waals surface area (Å²) in [5.74, 6) is 0. The Balaban J connectivity index is 1.07. The Hall–Kier alpha value is -8.38. The van der Waals surface area contributed by atoms with Gasteiger partial charge < -0.3 is 18.3 Å². The van der Waals surface area contributed by atoms with Crippen molar-refractivity contribution < 1.29 is 8.83 Å². The van der Waals surface area contributed by atoms with E-state index in [9.17, 15) is 0 Å². The normalized spacial score (nSPS) is 12.0. The molecule has 0 spiro atoms. The van der Waals surface area contributed by atoms with E-state index in [4.69, 9.17) is 8.83 Å². The topological polar surface area (TPSA) is 34.5 Å². The monoisotopic (exact) mass is 848 g/mol. The van der Waals surface area contributed by atoms with Gasteiger partial charge in [-0.25, -0.2) is 0 Å². The van der Waals surface area contributed by atoms with Gasteiger partial charge in [0, 0.05) is 70.3 Å². The lowest BCUT2D eigenvalue weighted by Gasteiger charge is -2.29. The van der Waals surface area contributed by atoms with Gasteiger partial charge in [-0.2, -0.15) is 0 Å². The van der Waals surface area contributed by atoms with Crippen molar-refractivity contribution in [3.05, 3.63) is 218 Å². The summed E-state index contributed by atoms with van der Waals surface area (Å²) in [7, 11) is 0. The van der Waals surface area contributed by atoms with Crippen molar-refractivity contribution in [1.82, 2.24) is 4.57 Å². The zero-order valence-electron chi connectivity index (χ0n) is 34.9. The summed E-state index contributed by atoms with van der Waals surface area (Å²) in [5, 5.41) is 9.34. The highest BCUT2D eigenvalue weighted by atomic mass is 32.1. The largest absolute Gasteiger partial charge is 0.455 e. The minimum atomic E-state index is 0.847. The van der Waals surface area contributed by atoms with Gasteiger partial charge >= 0.3 is 0 Å². The van der Waals surface area contributed by atoms with Crippen LogP contribution >= 0.6 is 11.3 Å². The Morgan fingerprint density at radius 2 is 0.969 bits per heavy atom. The van der Waals surface area contributed by atoms with E-state index in [1.165, 1.54) is 42.0 Å². The lowest BCUT2D eigenvalue weighted by atomic mass is 9.97. The molecule has 0 unspecified atom stereocenters. The Morgan fingerprint density at radius 1 is 0.385 bits per heavy atom. The molecular formula is C60H36N2O2S. The highest BCUT2D eigenvalue weighted by molar-refractivity contribution is 7.26. The predicted octanol–water partition coefficient (Wildman–Crippen LogP) is 17.8. The predicted molar refractivity (Wildman–Crippen MR) is 274 cm³/mol. The molecule has 304 valence electrons. The highest BCUT2D eigenvalue weighted by Crippen LogP contribution is 2.51. The second-order valence-corrected chi connectivity index (χ2v) is 17.8. The van der Waals surface area contributed by atoms with E-state index in [1.807, 2.05) is 17.4 Å². The number of hydrogen-bond donors (Lipinski definition) is 0. The number of benzene rings is 10. The summed E-state index contributed by atoms with van der Waals surface area (Å²) in [6, 6.07) is 78.5. The van der Waals surface area contributed by atoms with Crippen LogP contribution in [0.2, 0.25) is 0 Å². The fraction of sp³-hybridized carbons (Fsp3) is 0. The van der Waals surface area contributed by atoms with Crippen molar-refractivity contribution in [2.75, 3.05) is 4.90 Å². The van der Waals surface area contributed by atoms with Gasteiger partial charge in [0.2, 0.25) is 0 Å². The van der Waals surface area contributed by atoms with Crippen LogP contribution < -0.4 is 4.90 Å². The fourth-order valence-electron chi connectivity index (χ4n) is 10.3. The van der Waals surface area contributed by atoms with Gasteiger partial charge in [-0.15, -0.1) is 11.3 Å². The van der Waals surface area contributed by atoms with Gasteiger partial charge in [0.1, 0.15) is 22.3 Å². The number of fused-ring (bicyclic) bond motifs is 12. The van der Waals surface area contributed by atoms with Crippen LogP contribution in [-0.2, 0) is 0 Å². The van der Waals surface area contributed by atoms with Crippen molar-refractivity contribution in [2.24, 2.45) is 0 Å². The average molecular weight is 849 g/mol. The van der Waals surface area contributed by atoms with Crippen molar-refractivity contribution in [2.45, 2.75) is 0 Å². The Morgan fingerprint density at radius 3 is 1.75 bits per heavy atom. The molecule has 0 bridgehead atoms. The first-order chi connectivity index (χ1) is 32.2. The third-order valence-electron chi connectivity index (χ3n) is 13.2. The summed E-state index contributed by atoms with van der Waals surface area (Å²) in [5.41, 5.74) is 14.2. The van der Waals surface area contributed by atoms with E-state index in [0.29, 0.717) is 0 Å². The zero-order valence-corrected chi connectivity index (χ0v) is 35.7. The van der Waals surface area contributed by atoms with Gasteiger partial charge in [-0.3, -0.25) is 0 Å². The van der Waals surface area contributed by atoms with Gasteiger partial charge in [0.25, 0.3) is 0 Å². The molecule has 5 heteroatoms. The van der Waals surface area contributed by atoms with E-state index in [1.54, 1.807) is 0 Å². The third kappa shape index (κ3) is 5.43. The highest BCUT2D eigenvalue weighted by Gasteiger charge is 2.26. The van der Waals surface area contributed by atoms with Crippen LogP contribution in [0.1, 0.15) is 0 Å². The lowest BCUT2D eigenvalue weighted by molar-refractivity contribution is 0.669. The van der Waals surface area contributed by atoms with E-state index in [-0.39, 0.29) is 0 Å². The first-order valence-electron chi connectivity index (χ1n) is 22.0. The summed E-state index contributed by atoms with van der Waals surface area (Å²) in [6.07, 6.45) is 0. The summed E-state index contributed by atoms with van der Waals surface area (Å²) in [6.45, 7) is 0. The van der Waals surface area contributed by atoms with Crippen LogP contribution in [0.3, 0.4) is 0 Å². The number of furan rings is 2. The van der Waals surface area contributed by atoms with Gasteiger partial charge in [0.05, 0.1) is 27.1 Å². The summed E-state index contributed by atoms with van der Waals surface area (Å²) >= 11 is 1.84. The van der Waals surface area contributed by atoms with Crippen LogP contribution in [0.25, 0.3) is 114 Å². The molecule has 0 aliphatic carbocycles. The number of thiophene rings is 1. The number of aromatic nitrogens is 1. The van der Waals surface area contributed by atoms with E-state index >= 15 is 0 Å². The van der Waals surface area contributed by atoms with Crippen LogP contribution in [-0.4, -0.2) is 4.57 Å². The smallest absolute Gasteiger partial charge is 0.145 e. The SMILES string of the molecule is c1cc(-c2cccc3c2oc2ccccc23)cc(N(c2ccc3c(oc4ccccc43)c2-c2cccc(-n3c4ccccc4c4ccccc43)c2)c2cccc3c2sc2ccccc23)c1. The minimum Gasteiger partial charge on any atom is -0.455 e. The number of nitrogens with zero attached hydrogens (tertiary/aromatic N) is 2. The molecule has 0 radical (unpaired) electrons. The van der Waals surface area contributed by atoms with Crippen molar-refractivity contribution in [3.63, 3.8) is 0 Å². The van der Waals surface area contributed by atoms with E-state index in [2.05, 4.69) is 222 Å². The van der Waals surface area contributed by atoms with Crippen LogP contribution in [0.4, 0.5) is 17.1 Å². The quantitative estimate of drug-likeness (QED) is 0.167. The number of para-hydroxylation sites is 5. The molecule has 0 N–H and O–H groups in total. The molecule has 0 aliphatic heterocycles. The van der Waals surface area contributed by atoms with Crippen LogP contribution in [0, 0.1) is 0 Å². The molecular weight excluding hydrogens is 813 g/mol. The maximum absolute atomic E-state index is 7.03. The molecule has 0 atom stereocenters. The molecule has 10 aromatic carbocycles. The minimum absolute atomic E-state index is 0.847. The molecule has 0 aliphatic rings. The molecule has 0 fully saturated rings. The van der Waals surface area contributed by atoms with Crippen molar-refractivity contribution >= 4 is 114 Å². The first kappa shape index (κ1) is 36.1. The van der Waals surface area contributed by atoms with E-state index in [0.717, 1.165) is 88.9 Å². The summed E-state index contributed by atoms with van der Waals surface area (Å²) < 4.78 is 18.5. The van der Waals surface area contributed by atoms with Crippen LogP contribution in [0.5, 0.6) is 0 Å². The Bertz CT molecular complexity index is 4170. The van der Waals surface area contributed by atoms with Gasteiger partial charge in [-0.1, -0.05) is 146 Å². The van der Waals surface area contributed by atoms with Gasteiger partial charge in [-0.05, 0) is 83.9 Å². The molecule has 0 saturated heterocycles. The molecule has 4 heterocycles. The summed E-state index contributed by atoms with van der Waals surface area (Å²) in [4.78, 5) is 2.45. The Labute approximate surface area is 377 Å². The van der Waals surface area contributed by atoms with Crippen LogP contribution in [0.15, 0.2) is 227 Å². The lowest BCUT2D eigenvalue weighted by Crippen LogP contribution is -2.12. The molecule has 65 heavy (non-hydrogen) atoms. The maximum atomic E-state index is 7.03.